The van der Waals surface area contributed by atoms with Crippen molar-refractivity contribution < 1.29 is 42.0 Å². The predicted molar refractivity (Wildman–Crippen MR) is 146 cm³/mol. The van der Waals surface area contributed by atoms with Gasteiger partial charge in [0.05, 0.1) is 31.6 Å². The van der Waals surface area contributed by atoms with Gasteiger partial charge in [-0.05, 0) is 80.4 Å². The average Bonchev–Trinajstić information content (AvgIpc) is 2.90. The Morgan fingerprint density at radius 2 is 1.76 bits per heavy atom. The van der Waals surface area contributed by atoms with Gasteiger partial charge >= 0.3 is 6.18 Å². The van der Waals surface area contributed by atoms with Gasteiger partial charge in [0, 0.05) is 16.7 Å². The molecule has 3 aromatic rings. The highest BCUT2D eigenvalue weighted by molar-refractivity contribution is 5.95. The fourth-order valence-electron chi connectivity index (χ4n) is 3.80. The van der Waals surface area contributed by atoms with Gasteiger partial charge < -0.3 is 30.7 Å². The zero-order valence-electron chi connectivity index (χ0n) is 22.4. The number of benzene rings is 2. The molecule has 0 saturated carbocycles. The molecule has 2 aromatic carbocycles. The van der Waals surface area contributed by atoms with Crippen LogP contribution in [0.25, 0.3) is 11.3 Å². The fourth-order valence-corrected chi connectivity index (χ4v) is 3.80. The van der Waals surface area contributed by atoms with E-state index in [2.05, 4.69) is 10.3 Å². The van der Waals surface area contributed by atoms with Crippen LogP contribution in [0.2, 0.25) is 0 Å². The number of carbonyl (C=O) groups is 1. The van der Waals surface area contributed by atoms with Gasteiger partial charge in [-0.2, -0.15) is 13.2 Å². The van der Waals surface area contributed by atoms with Crippen LogP contribution in [0.15, 0.2) is 48.5 Å². The number of aliphatic hydroxyl groups is 2. The second-order valence-corrected chi connectivity index (χ2v) is 9.79. The molecule has 41 heavy (non-hydrogen) atoms. The number of aromatic nitrogens is 1. The Balaban J connectivity index is 0.00000588. The van der Waals surface area contributed by atoms with E-state index in [4.69, 9.17) is 20.3 Å². The number of hydrogen-bond acceptors (Lipinski definition) is 7. The molecule has 12 heteroatoms. The first-order chi connectivity index (χ1) is 18.6. The van der Waals surface area contributed by atoms with E-state index in [0.717, 1.165) is 12.1 Å². The Morgan fingerprint density at radius 1 is 1.07 bits per heavy atom. The summed E-state index contributed by atoms with van der Waals surface area (Å²) in [5.41, 5.74) is 1.42. The molecular formula is C29H35F4N3O5. The topological polar surface area (TPSA) is 127 Å². The third kappa shape index (κ3) is 7.51. The monoisotopic (exact) mass is 581 g/mol. The van der Waals surface area contributed by atoms with Crippen LogP contribution in [0.3, 0.4) is 0 Å². The van der Waals surface area contributed by atoms with Crippen LogP contribution >= 0.6 is 0 Å². The number of ether oxygens (including phenoxy) is 2. The van der Waals surface area contributed by atoms with Crippen molar-refractivity contribution in [3.8, 4) is 22.8 Å². The van der Waals surface area contributed by atoms with Crippen molar-refractivity contribution in [2.24, 2.45) is 5.73 Å². The highest BCUT2D eigenvalue weighted by Gasteiger charge is 2.56. The molecule has 1 heterocycles. The van der Waals surface area contributed by atoms with Gasteiger partial charge in [0.15, 0.2) is 11.5 Å². The summed E-state index contributed by atoms with van der Waals surface area (Å²) in [5, 5.41) is 22.1. The molecule has 0 bridgehead atoms. The van der Waals surface area contributed by atoms with Crippen molar-refractivity contribution in [3.63, 3.8) is 0 Å². The molecule has 8 nitrogen and oxygen atoms in total. The maximum absolute atomic E-state index is 14.4. The number of hydrogen-bond donors (Lipinski definition) is 4. The maximum Gasteiger partial charge on any atom is 0.424 e. The second-order valence-electron chi connectivity index (χ2n) is 9.79. The third-order valence-electron chi connectivity index (χ3n) is 6.20. The van der Waals surface area contributed by atoms with E-state index in [-0.39, 0.29) is 54.5 Å². The first kappa shape index (κ1) is 33.5. The first-order valence-corrected chi connectivity index (χ1v) is 12.2. The second kappa shape index (κ2) is 12.8. The lowest BCUT2D eigenvalue weighted by molar-refractivity contribution is -0.265. The zero-order chi connectivity index (χ0) is 29.9. The van der Waals surface area contributed by atoms with Crippen LogP contribution in [-0.4, -0.2) is 54.1 Å². The lowest BCUT2D eigenvalue weighted by Gasteiger charge is -2.32. The minimum Gasteiger partial charge on any atom is -0.493 e. The molecule has 0 spiro atoms. The Morgan fingerprint density at radius 3 is 2.32 bits per heavy atom. The third-order valence-corrected chi connectivity index (χ3v) is 6.20. The smallest absolute Gasteiger partial charge is 0.424 e. The highest BCUT2D eigenvalue weighted by atomic mass is 19.4. The van der Waals surface area contributed by atoms with Gasteiger partial charge in [-0.25, -0.2) is 9.37 Å². The summed E-state index contributed by atoms with van der Waals surface area (Å²) in [6.07, 6.45) is -5.26. The Hall–Kier alpha value is -3.74. The number of rotatable bonds is 10. The van der Waals surface area contributed by atoms with Gasteiger partial charge in [-0.1, -0.05) is 7.43 Å². The van der Waals surface area contributed by atoms with Crippen molar-refractivity contribution in [2.45, 2.75) is 45.5 Å². The molecule has 0 aliphatic heterocycles. The van der Waals surface area contributed by atoms with Crippen LogP contribution in [0, 0.1) is 12.7 Å². The molecular weight excluding hydrogens is 546 g/mol. The van der Waals surface area contributed by atoms with E-state index in [9.17, 15) is 27.5 Å². The number of pyridine rings is 1. The van der Waals surface area contributed by atoms with Crippen molar-refractivity contribution in [3.05, 3.63) is 76.7 Å². The maximum atomic E-state index is 14.4. The van der Waals surface area contributed by atoms with Crippen molar-refractivity contribution >= 4 is 5.91 Å². The van der Waals surface area contributed by atoms with E-state index in [1.54, 1.807) is 13.8 Å². The minimum atomic E-state index is -5.26. The number of nitrogens with zero attached hydrogens (tertiary/aromatic N) is 1. The average molecular weight is 582 g/mol. The number of amides is 1. The Kier molecular flexibility index (Phi) is 10.5. The number of carbonyl (C=O) groups excluding carboxylic acids is 1. The molecule has 0 aliphatic carbocycles. The minimum absolute atomic E-state index is 0. The van der Waals surface area contributed by atoms with Crippen LogP contribution in [-0.2, 0) is 11.1 Å². The van der Waals surface area contributed by atoms with E-state index >= 15 is 0 Å². The number of alkyl halides is 3. The fraction of sp³-hybridized carbons (Fsp3) is 0.379. The van der Waals surface area contributed by atoms with E-state index in [1.165, 1.54) is 50.4 Å². The van der Waals surface area contributed by atoms with Gasteiger partial charge in [0.1, 0.15) is 12.4 Å². The number of aliphatic hydroxyl groups excluding tert-OH is 1. The number of methoxy groups -OCH3 is 1. The summed E-state index contributed by atoms with van der Waals surface area (Å²) >= 11 is 0. The molecule has 1 unspecified atom stereocenters. The number of aryl methyl sites for hydroxylation is 1. The van der Waals surface area contributed by atoms with Crippen molar-refractivity contribution in [2.75, 3.05) is 26.9 Å². The molecule has 5 N–H and O–H groups in total. The van der Waals surface area contributed by atoms with Gasteiger partial charge in [-0.15, -0.1) is 0 Å². The lowest BCUT2D eigenvalue weighted by Crippen LogP contribution is -2.51. The highest BCUT2D eigenvalue weighted by Crippen LogP contribution is 2.40. The molecule has 1 amide bonds. The summed E-state index contributed by atoms with van der Waals surface area (Å²) in [6.45, 7) is 3.07. The van der Waals surface area contributed by atoms with E-state index in [1.807, 2.05) is 0 Å². The van der Waals surface area contributed by atoms with Crippen LogP contribution in [0.1, 0.15) is 48.5 Å². The standard InChI is InChI=1S/C28H31F4N3O5.CH4/c1-16-11-17(5-7-20(16)29)21-13-19(26(2,3)33)14-24(35-21)27(38,28(30,31)32)15-34-25(37)18-6-8-22(40-10-9-36)23(12-18)39-4;/h5-8,11-14,36,38H,9-10,15,33H2,1-4H3,(H,34,37);1H4. The molecule has 0 fully saturated rings. The number of halogens is 4. The summed E-state index contributed by atoms with van der Waals surface area (Å²) < 4.78 is 67.6. The van der Waals surface area contributed by atoms with Crippen LogP contribution in [0.5, 0.6) is 11.5 Å². The predicted octanol–water partition coefficient (Wildman–Crippen LogP) is 4.59. The quantitative estimate of drug-likeness (QED) is 0.258. The van der Waals surface area contributed by atoms with Crippen LogP contribution in [0.4, 0.5) is 17.6 Å². The molecule has 3 rings (SSSR count). The van der Waals surface area contributed by atoms with Gasteiger partial charge in [0.25, 0.3) is 5.91 Å². The lowest BCUT2D eigenvalue weighted by atomic mass is 9.89. The molecule has 0 radical (unpaired) electrons. The van der Waals surface area contributed by atoms with Crippen molar-refractivity contribution in [1.29, 1.82) is 0 Å². The van der Waals surface area contributed by atoms with E-state index in [0.29, 0.717) is 5.56 Å². The molecule has 0 aliphatic rings. The Bertz CT molecular complexity index is 1380. The largest absolute Gasteiger partial charge is 0.493 e. The van der Waals surface area contributed by atoms with Crippen molar-refractivity contribution in [1.82, 2.24) is 10.3 Å². The normalized spacial score (nSPS) is 13.1. The molecule has 0 saturated heterocycles. The summed E-state index contributed by atoms with van der Waals surface area (Å²) in [4.78, 5) is 16.9. The summed E-state index contributed by atoms with van der Waals surface area (Å²) in [6, 6.07) is 10.4. The number of nitrogens with two attached hydrogens (primary N) is 1. The molecule has 224 valence electrons. The molecule has 1 atom stereocenters. The van der Waals surface area contributed by atoms with Gasteiger partial charge in [-0.3, -0.25) is 4.79 Å². The summed E-state index contributed by atoms with van der Waals surface area (Å²) in [7, 11) is 1.31. The molecule has 1 aromatic heterocycles. The summed E-state index contributed by atoms with van der Waals surface area (Å²) in [5.74, 6) is -1.10. The Labute approximate surface area is 236 Å². The van der Waals surface area contributed by atoms with Crippen LogP contribution < -0.4 is 20.5 Å². The van der Waals surface area contributed by atoms with Gasteiger partial charge in [0.2, 0.25) is 5.60 Å². The first-order valence-electron chi connectivity index (χ1n) is 12.2. The van der Waals surface area contributed by atoms with E-state index < -0.39 is 41.3 Å². The number of nitrogens with one attached hydrogen (secondary N) is 1. The zero-order valence-corrected chi connectivity index (χ0v) is 22.4. The SMILES string of the molecule is C.COc1cc(C(=O)NCC(O)(c2cc(C(C)(C)N)cc(-c3ccc(F)c(C)c3)n2)C(F)(F)F)ccc1OCCO.